The highest BCUT2D eigenvalue weighted by atomic mass is 16.5. The second-order valence-electron chi connectivity index (χ2n) is 4.80. The Morgan fingerprint density at radius 2 is 1.94 bits per heavy atom. The van der Waals surface area contributed by atoms with Gasteiger partial charge in [-0.15, -0.1) is 0 Å². The Labute approximate surface area is 106 Å². The van der Waals surface area contributed by atoms with Crippen LogP contribution >= 0.6 is 0 Å². The summed E-state index contributed by atoms with van der Waals surface area (Å²) in [6.07, 6.45) is 6.24. The smallest absolute Gasteiger partial charge is 0.305 e. The lowest BCUT2D eigenvalue weighted by molar-refractivity contribution is -0.144. The van der Waals surface area contributed by atoms with Gasteiger partial charge in [0.15, 0.2) is 0 Å². The molecule has 0 aromatic heterocycles. The molecule has 3 nitrogen and oxygen atoms in total. The van der Waals surface area contributed by atoms with Gasteiger partial charge in [-0.05, 0) is 19.4 Å². The minimum Gasteiger partial charge on any atom is -0.465 e. The monoisotopic (exact) mass is 243 g/mol. The van der Waals surface area contributed by atoms with Crippen molar-refractivity contribution in [2.75, 3.05) is 19.7 Å². The molecule has 0 aliphatic carbocycles. The molecule has 17 heavy (non-hydrogen) atoms. The van der Waals surface area contributed by atoms with Crippen LogP contribution in [0.3, 0.4) is 0 Å². The summed E-state index contributed by atoms with van der Waals surface area (Å²) in [5.74, 6) is 0.365. The van der Waals surface area contributed by atoms with Gasteiger partial charge in [0.05, 0.1) is 6.61 Å². The molecule has 102 valence electrons. The quantitative estimate of drug-likeness (QED) is 0.447. The molecule has 0 bridgehead atoms. The van der Waals surface area contributed by atoms with E-state index in [1.807, 2.05) is 0 Å². The van der Waals surface area contributed by atoms with Crippen LogP contribution in [0.5, 0.6) is 0 Å². The van der Waals surface area contributed by atoms with Gasteiger partial charge in [-0.25, -0.2) is 0 Å². The zero-order valence-electron chi connectivity index (χ0n) is 11.8. The van der Waals surface area contributed by atoms with E-state index in [9.17, 15) is 4.79 Å². The summed E-state index contributed by atoms with van der Waals surface area (Å²) in [7, 11) is 0. The van der Waals surface area contributed by atoms with Gasteiger partial charge in [-0.1, -0.05) is 40.0 Å². The Morgan fingerprint density at radius 1 is 1.18 bits per heavy atom. The van der Waals surface area contributed by atoms with Crippen LogP contribution in [-0.2, 0) is 9.53 Å². The number of carbonyl (C=O) groups excluding carboxylic acids is 1. The van der Waals surface area contributed by atoms with Crippen molar-refractivity contribution in [1.82, 2.24) is 5.32 Å². The molecule has 1 N–H and O–H groups in total. The van der Waals surface area contributed by atoms with E-state index in [1.165, 1.54) is 12.8 Å². The fourth-order valence-corrected chi connectivity index (χ4v) is 1.59. The first-order valence-corrected chi connectivity index (χ1v) is 7.07. The van der Waals surface area contributed by atoms with Crippen LogP contribution in [0, 0.1) is 5.92 Å². The van der Waals surface area contributed by atoms with E-state index in [4.69, 9.17) is 4.74 Å². The van der Waals surface area contributed by atoms with Crippen molar-refractivity contribution >= 4 is 5.97 Å². The third-order valence-electron chi connectivity index (χ3n) is 2.68. The number of unbranched alkanes of at least 4 members (excludes halogenated alkanes) is 3. The lowest BCUT2D eigenvalue weighted by Gasteiger charge is -2.12. The molecule has 0 heterocycles. The summed E-state index contributed by atoms with van der Waals surface area (Å²) in [6.45, 7) is 8.93. The SMILES string of the molecule is CCCCCCC(=O)OCC(C)CNCCC. The summed E-state index contributed by atoms with van der Waals surface area (Å²) in [5.41, 5.74) is 0. The summed E-state index contributed by atoms with van der Waals surface area (Å²) < 4.78 is 5.24. The highest BCUT2D eigenvalue weighted by Crippen LogP contribution is 2.04. The number of esters is 1. The van der Waals surface area contributed by atoms with Crippen LogP contribution in [0.15, 0.2) is 0 Å². The van der Waals surface area contributed by atoms with Crippen molar-refractivity contribution in [3.63, 3.8) is 0 Å². The number of hydrogen-bond acceptors (Lipinski definition) is 3. The average molecular weight is 243 g/mol. The van der Waals surface area contributed by atoms with E-state index >= 15 is 0 Å². The molecule has 0 rings (SSSR count). The molecule has 1 atom stereocenters. The Hall–Kier alpha value is -0.570. The van der Waals surface area contributed by atoms with Crippen LogP contribution in [0.1, 0.15) is 59.3 Å². The Balaban J connectivity index is 3.36. The molecular formula is C14H29NO2. The third-order valence-corrected chi connectivity index (χ3v) is 2.68. The lowest BCUT2D eigenvalue weighted by Crippen LogP contribution is -2.25. The van der Waals surface area contributed by atoms with Gasteiger partial charge in [0.2, 0.25) is 0 Å². The highest BCUT2D eigenvalue weighted by Gasteiger charge is 2.06. The zero-order valence-corrected chi connectivity index (χ0v) is 11.8. The van der Waals surface area contributed by atoms with Crippen LogP contribution in [0.2, 0.25) is 0 Å². The summed E-state index contributed by atoms with van der Waals surface area (Å²) in [4.78, 5) is 11.4. The number of nitrogens with one attached hydrogen (secondary N) is 1. The van der Waals surface area contributed by atoms with E-state index in [0.717, 1.165) is 32.4 Å². The molecule has 0 aliphatic heterocycles. The second kappa shape index (κ2) is 11.9. The number of carbonyl (C=O) groups is 1. The molecule has 0 aromatic rings. The van der Waals surface area contributed by atoms with Gasteiger partial charge < -0.3 is 10.1 Å². The standard InChI is InChI=1S/C14H29NO2/c1-4-6-7-8-9-14(16)17-12-13(3)11-15-10-5-2/h13,15H,4-12H2,1-3H3. The Bertz CT molecular complexity index is 183. The van der Waals surface area contributed by atoms with Crippen molar-refractivity contribution in [2.45, 2.75) is 59.3 Å². The predicted molar refractivity (Wildman–Crippen MR) is 72.0 cm³/mol. The molecule has 0 amide bonds. The fourth-order valence-electron chi connectivity index (χ4n) is 1.59. The maximum atomic E-state index is 11.4. The molecule has 0 fully saturated rings. The van der Waals surface area contributed by atoms with E-state index < -0.39 is 0 Å². The van der Waals surface area contributed by atoms with Gasteiger partial charge in [0.25, 0.3) is 0 Å². The average Bonchev–Trinajstić information content (AvgIpc) is 2.32. The van der Waals surface area contributed by atoms with Gasteiger partial charge in [0, 0.05) is 18.9 Å². The minimum absolute atomic E-state index is 0.0385. The first-order chi connectivity index (χ1) is 8.20. The first-order valence-electron chi connectivity index (χ1n) is 7.07. The second-order valence-corrected chi connectivity index (χ2v) is 4.80. The molecule has 0 saturated carbocycles. The zero-order chi connectivity index (χ0) is 12.9. The van der Waals surface area contributed by atoms with E-state index in [1.54, 1.807) is 0 Å². The summed E-state index contributed by atoms with van der Waals surface area (Å²) in [5, 5.41) is 3.33. The van der Waals surface area contributed by atoms with Crippen LogP contribution in [0.4, 0.5) is 0 Å². The minimum atomic E-state index is -0.0385. The molecule has 0 saturated heterocycles. The fraction of sp³-hybridized carbons (Fsp3) is 0.929. The largest absolute Gasteiger partial charge is 0.465 e. The molecule has 0 aromatic carbocycles. The van der Waals surface area contributed by atoms with E-state index in [2.05, 4.69) is 26.1 Å². The van der Waals surface area contributed by atoms with Crippen molar-refractivity contribution in [1.29, 1.82) is 0 Å². The van der Waals surface area contributed by atoms with Crippen LogP contribution in [-0.4, -0.2) is 25.7 Å². The summed E-state index contributed by atoms with van der Waals surface area (Å²) in [6, 6.07) is 0. The number of ether oxygens (including phenoxy) is 1. The molecule has 0 aliphatic rings. The van der Waals surface area contributed by atoms with Crippen molar-refractivity contribution in [3.8, 4) is 0 Å². The van der Waals surface area contributed by atoms with Gasteiger partial charge in [-0.2, -0.15) is 0 Å². The van der Waals surface area contributed by atoms with Gasteiger partial charge in [-0.3, -0.25) is 4.79 Å². The Kier molecular flexibility index (Phi) is 11.5. The predicted octanol–water partition coefficient (Wildman–Crippen LogP) is 3.14. The van der Waals surface area contributed by atoms with Gasteiger partial charge >= 0.3 is 5.97 Å². The van der Waals surface area contributed by atoms with Crippen molar-refractivity contribution in [3.05, 3.63) is 0 Å². The normalized spacial score (nSPS) is 12.4. The van der Waals surface area contributed by atoms with E-state index in [0.29, 0.717) is 18.9 Å². The molecular weight excluding hydrogens is 214 g/mol. The topological polar surface area (TPSA) is 38.3 Å². The highest BCUT2D eigenvalue weighted by molar-refractivity contribution is 5.69. The molecule has 1 unspecified atom stereocenters. The first kappa shape index (κ1) is 16.4. The maximum absolute atomic E-state index is 11.4. The van der Waals surface area contributed by atoms with E-state index in [-0.39, 0.29) is 5.97 Å². The molecule has 3 heteroatoms. The van der Waals surface area contributed by atoms with Crippen molar-refractivity contribution < 1.29 is 9.53 Å². The maximum Gasteiger partial charge on any atom is 0.305 e. The summed E-state index contributed by atoms with van der Waals surface area (Å²) >= 11 is 0. The molecule has 0 spiro atoms. The number of rotatable bonds is 11. The Morgan fingerprint density at radius 3 is 2.59 bits per heavy atom. The van der Waals surface area contributed by atoms with Gasteiger partial charge in [0.1, 0.15) is 0 Å². The third kappa shape index (κ3) is 11.7. The van der Waals surface area contributed by atoms with Crippen LogP contribution < -0.4 is 5.32 Å². The molecule has 0 radical (unpaired) electrons. The van der Waals surface area contributed by atoms with Crippen LogP contribution in [0.25, 0.3) is 0 Å². The number of hydrogen-bond donors (Lipinski definition) is 1. The van der Waals surface area contributed by atoms with Crippen molar-refractivity contribution in [2.24, 2.45) is 5.92 Å². The lowest BCUT2D eigenvalue weighted by atomic mass is 10.1.